The number of hydrogen-bond acceptors (Lipinski definition) is 4. The Bertz CT molecular complexity index is 857. The summed E-state index contributed by atoms with van der Waals surface area (Å²) >= 11 is 0. The molecule has 122 valence electrons. The molecule has 23 heavy (non-hydrogen) atoms. The monoisotopic (exact) mass is 335 g/mol. The summed E-state index contributed by atoms with van der Waals surface area (Å²) in [5, 5.41) is 13.4. The molecule has 0 bridgehead atoms. The topological polar surface area (TPSA) is 92.5 Å². The number of para-hydroxylation sites is 1. The molecule has 2 heterocycles. The van der Waals surface area contributed by atoms with Crippen LogP contribution in [0.1, 0.15) is 31.4 Å². The van der Waals surface area contributed by atoms with Gasteiger partial charge in [0.15, 0.2) is 0 Å². The third kappa shape index (κ3) is 2.48. The molecule has 0 radical (unpaired) electrons. The summed E-state index contributed by atoms with van der Waals surface area (Å²) in [5.74, 6) is -1.89. The van der Waals surface area contributed by atoms with E-state index in [1.807, 2.05) is 13.8 Å². The predicted molar refractivity (Wildman–Crippen MR) is 84.0 cm³/mol. The molecule has 1 unspecified atom stereocenters. The number of benzene rings is 1. The van der Waals surface area contributed by atoms with Crippen LogP contribution in [-0.2, 0) is 14.8 Å². The zero-order valence-electron chi connectivity index (χ0n) is 12.7. The van der Waals surface area contributed by atoms with Crippen molar-refractivity contribution in [3.05, 3.63) is 42.2 Å². The Labute approximate surface area is 134 Å². The average Bonchev–Trinajstić information content (AvgIpc) is 3.13. The van der Waals surface area contributed by atoms with Gasteiger partial charge < -0.3 is 5.11 Å². The average molecular weight is 335 g/mol. The fourth-order valence-corrected chi connectivity index (χ4v) is 4.12. The molecule has 0 spiro atoms. The van der Waals surface area contributed by atoms with Crippen LogP contribution in [0.3, 0.4) is 0 Å². The van der Waals surface area contributed by atoms with Crippen molar-refractivity contribution in [1.82, 2.24) is 9.78 Å². The Morgan fingerprint density at radius 1 is 1.35 bits per heavy atom. The van der Waals surface area contributed by atoms with Gasteiger partial charge in [-0.15, -0.1) is 0 Å². The van der Waals surface area contributed by atoms with Gasteiger partial charge in [-0.2, -0.15) is 5.10 Å². The van der Waals surface area contributed by atoms with Crippen LogP contribution in [0.15, 0.2) is 41.6 Å². The van der Waals surface area contributed by atoms with E-state index in [-0.39, 0.29) is 17.5 Å². The molecule has 0 saturated heterocycles. The van der Waals surface area contributed by atoms with Gasteiger partial charge in [-0.25, -0.2) is 8.42 Å². The summed E-state index contributed by atoms with van der Waals surface area (Å²) in [5.41, 5.74) is 0.928. The molecule has 1 N–H and O–H groups in total. The van der Waals surface area contributed by atoms with Crippen molar-refractivity contribution in [3.8, 4) is 0 Å². The molecule has 1 atom stereocenters. The first-order valence-corrected chi connectivity index (χ1v) is 8.65. The van der Waals surface area contributed by atoms with Crippen LogP contribution in [-0.4, -0.2) is 35.8 Å². The molecule has 1 aromatic carbocycles. The second kappa shape index (κ2) is 5.38. The highest BCUT2D eigenvalue weighted by Crippen LogP contribution is 2.39. The molecule has 1 aliphatic heterocycles. The highest BCUT2D eigenvalue weighted by atomic mass is 32.2. The minimum Gasteiger partial charge on any atom is -0.481 e. The van der Waals surface area contributed by atoms with Crippen molar-refractivity contribution in [2.45, 2.75) is 30.7 Å². The van der Waals surface area contributed by atoms with Crippen molar-refractivity contribution >= 4 is 21.7 Å². The number of carboxylic acids is 1. The summed E-state index contributed by atoms with van der Waals surface area (Å²) < 4.78 is 28.5. The lowest BCUT2D eigenvalue weighted by atomic mass is 10.0. The normalized spacial score (nSPS) is 17.5. The van der Waals surface area contributed by atoms with Crippen molar-refractivity contribution in [2.24, 2.45) is 0 Å². The van der Waals surface area contributed by atoms with Crippen LogP contribution in [0.5, 0.6) is 0 Å². The smallest absolute Gasteiger partial charge is 0.312 e. The van der Waals surface area contributed by atoms with Gasteiger partial charge in [0.2, 0.25) is 0 Å². The number of hydrogen-bond donors (Lipinski definition) is 1. The third-order valence-electron chi connectivity index (χ3n) is 3.92. The third-order valence-corrected chi connectivity index (χ3v) is 5.65. The maximum atomic E-state index is 12.9. The first kappa shape index (κ1) is 15.5. The molecular formula is C15H17N3O4S. The van der Waals surface area contributed by atoms with Gasteiger partial charge >= 0.3 is 5.97 Å². The summed E-state index contributed by atoms with van der Waals surface area (Å²) in [6.07, 6.45) is 2.77. The minimum atomic E-state index is -3.84. The number of carbonyl (C=O) groups is 1. The summed E-state index contributed by atoms with van der Waals surface area (Å²) in [4.78, 5) is 11.5. The van der Waals surface area contributed by atoms with Gasteiger partial charge in [0.1, 0.15) is 10.8 Å². The predicted octanol–water partition coefficient (Wildman–Crippen LogP) is 1.84. The Hall–Kier alpha value is -2.35. The zero-order chi connectivity index (χ0) is 16.8. The van der Waals surface area contributed by atoms with E-state index in [0.717, 1.165) is 4.31 Å². The highest BCUT2D eigenvalue weighted by molar-refractivity contribution is 7.92. The zero-order valence-corrected chi connectivity index (χ0v) is 13.6. The number of fused-ring (bicyclic) bond motifs is 1. The lowest BCUT2D eigenvalue weighted by Gasteiger charge is -2.18. The SMILES string of the molecule is CC(C)n1cc(S(=O)(=O)N2CC(C(=O)O)c3ccccc32)cn1. The van der Waals surface area contributed by atoms with Crippen LogP contribution >= 0.6 is 0 Å². The molecule has 1 aromatic heterocycles. The number of rotatable bonds is 4. The summed E-state index contributed by atoms with van der Waals surface area (Å²) in [6, 6.07) is 6.73. The van der Waals surface area contributed by atoms with E-state index in [0.29, 0.717) is 11.3 Å². The fraction of sp³-hybridized carbons (Fsp3) is 0.333. The lowest BCUT2D eigenvalue weighted by Crippen LogP contribution is -2.31. The Morgan fingerprint density at radius 3 is 2.65 bits per heavy atom. The molecule has 7 nitrogen and oxygen atoms in total. The van der Waals surface area contributed by atoms with Gasteiger partial charge in [0.05, 0.1) is 18.4 Å². The first-order valence-electron chi connectivity index (χ1n) is 7.21. The summed E-state index contributed by atoms with van der Waals surface area (Å²) in [7, 11) is -3.84. The van der Waals surface area contributed by atoms with Crippen LogP contribution in [0.4, 0.5) is 5.69 Å². The van der Waals surface area contributed by atoms with E-state index in [9.17, 15) is 18.3 Å². The van der Waals surface area contributed by atoms with Crippen molar-refractivity contribution in [1.29, 1.82) is 0 Å². The van der Waals surface area contributed by atoms with Gasteiger partial charge in [-0.05, 0) is 25.5 Å². The number of aromatic nitrogens is 2. The molecular weight excluding hydrogens is 318 g/mol. The fourth-order valence-electron chi connectivity index (χ4n) is 2.67. The van der Waals surface area contributed by atoms with Gasteiger partial charge in [-0.1, -0.05) is 18.2 Å². The second-order valence-corrected chi connectivity index (χ2v) is 7.60. The van der Waals surface area contributed by atoms with Crippen molar-refractivity contribution in [3.63, 3.8) is 0 Å². The van der Waals surface area contributed by atoms with Crippen molar-refractivity contribution in [2.75, 3.05) is 10.8 Å². The molecule has 2 aromatic rings. The maximum absolute atomic E-state index is 12.9. The number of sulfonamides is 1. The largest absolute Gasteiger partial charge is 0.481 e. The van der Waals surface area contributed by atoms with Crippen LogP contribution < -0.4 is 4.31 Å². The maximum Gasteiger partial charge on any atom is 0.312 e. The van der Waals surface area contributed by atoms with E-state index in [1.54, 1.807) is 28.9 Å². The van der Waals surface area contributed by atoms with E-state index in [1.165, 1.54) is 12.4 Å². The molecule has 0 fully saturated rings. The van der Waals surface area contributed by atoms with Crippen LogP contribution in [0.25, 0.3) is 0 Å². The number of anilines is 1. The number of carboxylic acid groups (broad SMARTS) is 1. The Kier molecular flexibility index (Phi) is 3.63. The molecule has 3 rings (SSSR count). The standard InChI is InChI=1S/C15H17N3O4S/c1-10(2)17-8-11(7-16-17)23(21,22)18-9-13(15(19)20)12-5-3-4-6-14(12)18/h3-8,10,13H,9H2,1-2H3,(H,19,20). The van der Waals surface area contributed by atoms with Crippen LogP contribution in [0, 0.1) is 0 Å². The van der Waals surface area contributed by atoms with E-state index in [4.69, 9.17) is 0 Å². The highest BCUT2D eigenvalue weighted by Gasteiger charge is 2.40. The molecule has 0 aliphatic carbocycles. The Morgan fingerprint density at radius 2 is 2.04 bits per heavy atom. The van der Waals surface area contributed by atoms with Crippen molar-refractivity contribution < 1.29 is 18.3 Å². The first-order chi connectivity index (χ1) is 10.8. The summed E-state index contributed by atoms with van der Waals surface area (Å²) in [6.45, 7) is 3.69. The van der Waals surface area contributed by atoms with E-state index < -0.39 is 21.9 Å². The molecule has 1 aliphatic rings. The second-order valence-electron chi connectivity index (χ2n) is 5.74. The Balaban J connectivity index is 2.05. The lowest BCUT2D eigenvalue weighted by molar-refractivity contribution is -0.138. The van der Waals surface area contributed by atoms with Crippen LogP contribution in [0.2, 0.25) is 0 Å². The molecule has 8 heteroatoms. The number of nitrogens with zero attached hydrogens (tertiary/aromatic N) is 3. The van der Waals surface area contributed by atoms with E-state index >= 15 is 0 Å². The number of aliphatic carboxylic acids is 1. The van der Waals surface area contributed by atoms with E-state index in [2.05, 4.69) is 5.10 Å². The van der Waals surface area contributed by atoms with Gasteiger partial charge in [0.25, 0.3) is 10.0 Å². The molecule has 0 amide bonds. The minimum absolute atomic E-state index is 0.0385. The van der Waals surface area contributed by atoms with Gasteiger partial charge in [-0.3, -0.25) is 13.8 Å². The quantitative estimate of drug-likeness (QED) is 0.920. The molecule has 0 saturated carbocycles. The van der Waals surface area contributed by atoms with Gasteiger partial charge in [0, 0.05) is 12.2 Å².